The van der Waals surface area contributed by atoms with Gasteiger partial charge in [-0.25, -0.2) is 13.1 Å². The van der Waals surface area contributed by atoms with Gasteiger partial charge in [0.1, 0.15) is 10.0 Å². The summed E-state index contributed by atoms with van der Waals surface area (Å²) >= 11 is 5.75. The lowest BCUT2D eigenvalue weighted by Gasteiger charge is -2.02. The molecule has 0 saturated heterocycles. The van der Waals surface area contributed by atoms with Crippen molar-refractivity contribution in [1.82, 2.24) is 14.5 Å². The Morgan fingerprint density at radius 3 is 2.71 bits per heavy atom. The summed E-state index contributed by atoms with van der Waals surface area (Å²) in [4.78, 5) is 0.0233. The first kappa shape index (κ1) is 11.5. The standard InChI is InChI=1S/C7H12ClN3O2S/c1-3-4-10-14(12,13)6-5-9-11(2)7(6)8/h5,10H,3-4H2,1-2H3. The van der Waals surface area contributed by atoms with Gasteiger partial charge in [0.25, 0.3) is 0 Å². The quantitative estimate of drug-likeness (QED) is 0.841. The molecular formula is C7H12ClN3O2S. The highest BCUT2D eigenvalue weighted by Crippen LogP contribution is 2.19. The second-order valence-corrected chi connectivity index (χ2v) is 4.91. The summed E-state index contributed by atoms with van der Waals surface area (Å²) in [5, 5.41) is 3.88. The zero-order valence-electron chi connectivity index (χ0n) is 7.99. The van der Waals surface area contributed by atoms with Gasteiger partial charge in [0.05, 0.1) is 6.20 Å². The maximum absolute atomic E-state index is 11.6. The monoisotopic (exact) mass is 237 g/mol. The largest absolute Gasteiger partial charge is 0.256 e. The number of halogens is 1. The van der Waals surface area contributed by atoms with E-state index in [-0.39, 0.29) is 10.0 Å². The van der Waals surface area contributed by atoms with Gasteiger partial charge in [-0.05, 0) is 6.42 Å². The van der Waals surface area contributed by atoms with Crippen LogP contribution in [0.4, 0.5) is 0 Å². The maximum atomic E-state index is 11.6. The van der Waals surface area contributed by atoms with Crippen molar-refractivity contribution in [2.75, 3.05) is 6.54 Å². The van der Waals surface area contributed by atoms with Crippen molar-refractivity contribution in [3.05, 3.63) is 11.3 Å². The molecule has 1 heterocycles. The highest BCUT2D eigenvalue weighted by molar-refractivity contribution is 7.89. The summed E-state index contributed by atoms with van der Waals surface area (Å²) in [6.45, 7) is 2.28. The number of rotatable bonds is 4. The lowest BCUT2D eigenvalue weighted by molar-refractivity contribution is 0.580. The van der Waals surface area contributed by atoms with E-state index in [4.69, 9.17) is 11.6 Å². The predicted octanol–water partition coefficient (Wildman–Crippen LogP) is 0.762. The molecule has 0 spiro atoms. The minimum absolute atomic E-state index is 0.0233. The fraction of sp³-hybridized carbons (Fsp3) is 0.571. The Kier molecular flexibility index (Phi) is 3.52. The Morgan fingerprint density at radius 1 is 1.64 bits per heavy atom. The number of aromatic nitrogens is 2. The molecule has 0 unspecified atom stereocenters. The number of hydrogen-bond acceptors (Lipinski definition) is 3. The van der Waals surface area contributed by atoms with Gasteiger partial charge < -0.3 is 0 Å². The molecule has 0 aliphatic rings. The van der Waals surface area contributed by atoms with Crippen molar-refractivity contribution in [1.29, 1.82) is 0 Å². The van der Waals surface area contributed by atoms with Crippen LogP contribution in [0.5, 0.6) is 0 Å². The van der Waals surface area contributed by atoms with Crippen LogP contribution in [0, 0.1) is 0 Å². The van der Waals surface area contributed by atoms with E-state index in [1.165, 1.54) is 10.9 Å². The van der Waals surface area contributed by atoms with E-state index in [1.54, 1.807) is 7.05 Å². The Hall–Kier alpha value is -0.590. The second kappa shape index (κ2) is 4.29. The molecular weight excluding hydrogens is 226 g/mol. The highest BCUT2D eigenvalue weighted by Gasteiger charge is 2.20. The van der Waals surface area contributed by atoms with Crippen LogP contribution in [-0.2, 0) is 17.1 Å². The molecule has 80 valence electrons. The van der Waals surface area contributed by atoms with Crippen molar-refractivity contribution in [3.63, 3.8) is 0 Å². The number of nitrogens with zero attached hydrogens (tertiary/aromatic N) is 2. The zero-order valence-corrected chi connectivity index (χ0v) is 9.56. The predicted molar refractivity (Wildman–Crippen MR) is 53.7 cm³/mol. The van der Waals surface area contributed by atoms with Gasteiger partial charge in [0.2, 0.25) is 10.0 Å². The average Bonchev–Trinajstić information content (AvgIpc) is 2.45. The number of sulfonamides is 1. The molecule has 0 amide bonds. The first-order valence-corrected chi connectivity index (χ1v) is 6.02. The third-order valence-corrected chi connectivity index (χ3v) is 3.69. The third kappa shape index (κ3) is 2.26. The lowest BCUT2D eigenvalue weighted by Crippen LogP contribution is -2.24. The molecule has 1 aromatic heterocycles. The highest BCUT2D eigenvalue weighted by atomic mass is 35.5. The van der Waals surface area contributed by atoms with Crippen LogP contribution < -0.4 is 4.72 Å². The number of aryl methyl sites for hydroxylation is 1. The molecule has 0 atom stereocenters. The molecule has 14 heavy (non-hydrogen) atoms. The van der Waals surface area contributed by atoms with Crippen LogP contribution in [0.1, 0.15) is 13.3 Å². The van der Waals surface area contributed by atoms with Crippen molar-refractivity contribution in [3.8, 4) is 0 Å². The first-order chi connectivity index (χ1) is 6.49. The van der Waals surface area contributed by atoms with Crippen molar-refractivity contribution >= 4 is 21.6 Å². The normalized spacial score (nSPS) is 11.9. The van der Waals surface area contributed by atoms with Crippen molar-refractivity contribution < 1.29 is 8.42 Å². The van der Waals surface area contributed by atoms with Crippen LogP contribution in [0.3, 0.4) is 0 Å². The van der Waals surface area contributed by atoms with E-state index < -0.39 is 10.0 Å². The summed E-state index contributed by atoms with van der Waals surface area (Å²) in [5.41, 5.74) is 0. The van der Waals surface area contributed by atoms with Crippen LogP contribution in [0.15, 0.2) is 11.1 Å². The maximum Gasteiger partial charge on any atom is 0.245 e. The first-order valence-electron chi connectivity index (χ1n) is 4.16. The van der Waals surface area contributed by atoms with E-state index in [0.29, 0.717) is 6.54 Å². The van der Waals surface area contributed by atoms with Gasteiger partial charge in [-0.1, -0.05) is 18.5 Å². The summed E-state index contributed by atoms with van der Waals surface area (Å²) in [7, 11) is -1.91. The number of nitrogens with one attached hydrogen (secondary N) is 1. The van der Waals surface area contributed by atoms with Gasteiger partial charge in [-0.2, -0.15) is 5.10 Å². The summed E-state index contributed by atoms with van der Waals surface area (Å²) in [6, 6.07) is 0. The second-order valence-electron chi connectivity index (χ2n) is 2.82. The molecule has 0 aliphatic heterocycles. The Morgan fingerprint density at radius 2 is 2.29 bits per heavy atom. The minimum atomic E-state index is -3.50. The fourth-order valence-electron chi connectivity index (χ4n) is 0.897. The Labute approximate surface area is 88.1 Å². The molecule has 0 fully saturated rings. The van der Waals surface area contributed by atoms with Crippen LogP contribution >= 0.6 is 11.6 Å². The smallest absolute Gasteiger partial charge is 0.245 e. The molecule has 0 bridgehead atoms. The topological polar surface area (TPSA) is 64.0 Å². The van der Waals surface area contributed by atoms with E-state index in [0.717, 1.165) is 6.42 Å². The third-order valence-electron chi connectivity index (χ3n) is 1.67. The van der Waals surface area contributed by atoms with Crippen LogP contribution in [0.2, 0.25) is 5.15 Å². The number of hydrogen-bond donors (Lipinski definition) is 1. The molecule has 0 radical (unpaired) electrons. The Balaban J connectivity index is 2.99. The van der Waals surface area contributed by atoms with Gasteiger partial charge >= 0.3 is 0 Å². The molecule has 0 saturated carbocycles. The van der Waals surface area contributed by atoms with E-state index in [2.05, 4.69) is 9.82 Å². The van der Waals surface area contributed by atoms with Gasteiger partial charge in [0, 0.05) is 13.6 Å². The van der Waals surface area contributed by atoms with E-state index in [9.17, 15) is 8.42 Å². The molecule has 1 N–H and O–H groups in total. The summed E-state index contributed by atoms with van der Waals surface area (Å²) in [6.07, 6.45) is 1.97. The lowest BCUT2D eigenvalue weighted by atomic mass is 10.5. The molecule has 1 rings (SSSR count). The summed E-state index contributed by atoms with van der Waals surface area (Å²) < 4.78 is 26.9. The van der Waals surface area contributed by atoms with Crippen LogP contribution in [0.25, 0.3) is 0 Å². The van der Waals surface area contributed by atoms with Gasteiger partial charge in [0.15, 0.2) is 0 Å². The summed E-state index contributed by atoms with van der Waals surface area (Å²) in [5.74, 6) is 0. The molecule has 0 aromatic carbocycles. The fourth-order valence-corrected chi connectivity index (χ4v) is 2.46. The van der Waals surface area contributed by atoms with Crippen molar-refractivity contribution in [2.45, 2.75) is 18.2 Å². The molecule has 5 nitrogen and oxygen atoms in total. The average molecular weight is 238 g/mol. The van der Waals surface area contributed by atoms with Crippen LogP contribution in [-0.4, -0.2) is 24.7 Å². The Bertz CT molecular complexity index is 413. The van der Waals surface area contributed by atoms with Crippen molar-refractivity contribution in [2.24, 2.45) is 7.05 Å². The minimum Gasteiger partial charge on any atom is -0.256 e. The zero-order chi connectivity index (χ0) is 10.8. The van der Waals surface area contributed by atoms with E-state index in [1.807, 2.05) is 6.92 Å². The van der Waals surface area contributed by atoms with Gasteiger partial charge in [-0.15, -0.1) is 0 Å². The van der Waals surface area contributed by atoms with E-state index >= 15 is 0 Å². The van der Waals surface area contributed by atoms with Gasteiger partial charge in [-0.3, -0.25) is 4.68 Å². The molecule has 7 heteroatoms. The molecule has 0 aliphatic carbocycles. The SMILES string of the molecule is CCCNS(=O)(=O)c1cnn(C)c1Cl. The molecule has 1 aromatic rings.